The maximum atomic E-state index is 12.2. The molecule has 104 valence electrons. The van der Waals surface area contributed by atoms with Gasteiger partial charge in [-0.05, 0) is 44.3 Å². The molecule has 2 rings (SSSR count). The normalized spacial score (nSPS) is 19.2. The molecule has 0 aliphatic carbocycles. The van der Waals surface area contributed by atoms with Gasteiger partial charge in [-0.15, -0.1) is 0 Å². The predicted octanol–water partition coefficient (Wildman–Crippen LogP) is 2.34. The van der Waals surface area contributed by atoms with E-state index in [9.17, 15) is 4.79 Å². The van der Waals surface area contributed by atoms with E-state index in [2.05, 4.69) is 30.4 Å². The minimum atomic E-state index is 0.259. The molecule has 1 aliphatic rings. The second-order valence-corrected chi connectivity index (χ2v) is 5.66. The van der Waals surface area contributed by atoms with Crippen LogP contribution in [0.1, 0.15) is 30.4 Å². The summed E-state index contributed by atoms with van der Waals surface area (Å²) < 4.78 is 0. The number of carbonyl (C=O) groups excluding carboxylic acids is 1. The second-order valence-electron chi connectivity index (χ2n) is 5.66. The molecular weight excluding hydrogens is 236 g/mol. The lowest BCUT2D eigenvalue weighted by Crippen LogP contribution is -2.34. The van der Waals surface area contributed by atoms with Crippen LogP contribution < -0.4 is 5.32 Å². The van der Waals surface area contributed by atoms with Gasteiger partial charge in [0.1, 0.15) is 0 Å². The highest BCUT2D eigenvalue weighted by Crippen LogP contribution is 2.16. The Morgan fingerprint density at radius 3 is 3.00 bits per heavy atom. The number of aryl methyl sites for hydroxylation is 1. The van der Waals surface area contributed by atoms with Crippen LogP contribution in [0.4, 0.5) is 0 Å². The van der Waals surface area contributed by atoms with Gasteiger partial charge in [-0.1, -0.05) is 29.8 Å². The van der Waals surface area contributed by atoms with Gasteiger partial charge in [-0.3, -0.25) is 4.79 Å². The van der Waals surface area contributed by atoms with Crippen molar-refractivity contribution in [3.8, 4) is 0 Å². The van der Waals surface area contributed by atoms with Crippen molar-refractivity contribution in [3.05, 3.63) is 35.4 Å². The Bertz CT molecular complexity index is 425. The molecular formula is C16H24N2O. The summed E-state index contributed by atoms with van der Waals surface area (Å²) in [4.78, 5) is 14.0. The van der Waals surface area contributed by atoms with Crippen molar-refractivity contribution in [2.45, 2.75) is 32.7 Å². The Hall–Kier alpha value is -1.35. The summed E-state index contributed by atoms with van der Waals surface area (Å²) >= 11 is 0. The highest BCUT2D eigenvalue weighted by molar-refractivity contribution is 5.76. The highest BCUT2D eigenvalue weighted by atomic mass is 16.2. The first-order valence-corrected chi connectivity index (χ1v) is 7.15. The average Bonchev–Trinajstić information content (AvgIpc) is 2.40. The number of hydrogen-bond acceptors (Lipinski definition) is 2. The third kappa shape index (κ3) is 4.35. The first-order valence-electron chi connectivity index (χ1n) is 7.15. The molecule has 1 N–H and O–H groups in total. The largest absolute Gasteiger partial charge is 0.341 e. The predicted molar refractivity (Wildman–Crippen MR) is 77.9 cm³/mol. The van der Waals surface area contributed by atoms with Crippen molar-refractivity contribution in [2.24, 2.45) is 5.92 Å². The van der Waals surface area contributed by atoms with E-state index in [1.54, 1.807) is 0 Å². The number of hydrogen-bond donors (Lipinski definition) is 1. The summed E-state index contributed by atoms with van der Waals surface area (Å²) in [6.45, 7) is 4.88. The zero-order valence-electron chi connectivity index (χ0n) is 12.0. The topological polar surface area (TPSA) is 32.3 Å². The summed E-state index contributed by atoms with van der Waals surface area (Å²) in [5.74, 6) is 0.774. The van der Waals surface area contributed by atoms with Crippen molar-refractivity contribution >= 4 is 5.91 Å². The molecule has 3 nitrogen and oxygen atoms in total. The van der Waals surface area contributed by atoms with Crippen LogP contribution in [-0.4, -0.2) is 30.9 Å². The number of nitrogens with one attached hydrogen (secondary N) is 1. The van der Waals surface area contributed by atoms with E-state index in [4.69, 9.17) is 0 Å². The summed E-state index contributed by atoms with van der Waals surface area (Å²) in [5, 5.41) is 3.37. The maximum Gasteiger partial charge on any atom is 0.222 e. The van der Waals surface area contributed by atoms with Gasteiger partial charge in [0.25, 0.3) is 0 Å². The summed E-state index contributed by atoms with van der Waals surface area (Å²) in [7, 11) is 1.90. The number of carbonyl (C=O) groups is 1. The Morgan fingerprint density at radius 2 is 2.32 bits per heavy atom. The fraction of sp³-hybridized carbons (Fsp3) is 0.562. The summed E-state index contributed by atoms with van der Waals surface area (Å²) in [6, 6.07) is 8.36. The van der Waals surface area contributed by atoms with E-state index in [0.29, 0.717) is 18.9 Å². The van der Waals surface area contributed by atoms with Gasteiger partial charge in [0, 0.05) is 20.0 Å². The molecule has 1 amide bonds. The van der Waals surface area contributed by atoms with Crippen LogP contribution in [0.3, 0.4) is 0 Å². The second kappa shape index (κ2) is 6.71. The molecule has 1 aromatic carbocycles. The first-order chi connectivity index (χ1) is 9.15. The van der Waals surface area contributed by atoms with E-state index in [0.717, 1.165) is 13.1 Å². The molecule has 1 unspecified atom stereocenters. The average molecular weight is 260 g/mol. The van der Waals surface area contributed by atoms with Crippen LogP contribution in [0.15, 0.2) is 24.3 Å². The quantitative estimate of drug-likeness (QED) is 0.901. The van der Waals surface area contributed by atoms with E-state index in [-0.39, 0.29) is 5.91 Å². The Labute approximate surface area is 116 Å². The lowest BCUT2D eigenvalue weighted by Gasteiger charge is -2.25. The lowest BCUT2D eigenvalue weighted by molar-refractivity contribution is -0.131. The minimum Gasteiger partial charge on any atom is -0.341 e. The van der Waals surface area contributed by atoms with Gasteiger partial charge in [0.05, 0.1) is 0 Å². The van der Waals surface area contributed by atoms with E-state index >= 15 is 0 Å². The van der Waals surface area contributed by atoms with Gasteiger partial charge < -0.3 is 10.2 Å². The van der Waals surface area contributed by atoms with Crippen molar-refractivity contribution in [2.75, 3.05) is 20.1 Å². The third-order valence-electron chi connectivity index (χ3n) is 3.79. The van der Waals surface area contributed by atoms with Crippen molar-refractivity contribution < 1.29 is 4.79 Å². The van der Waals surface area contributed by atoms with Gasteiger partial charge in [0.15, 0.2) is 0 Å². The third-order valence-corrected chi connectivity index (χ3v) is 3.79. The van der Waals surface area contributed by atoms with Crippen molar-refractivity contribution in [1.29, 1.82) is 0 Å². The fourth-order valence-corrected chi connectivity index (χ4v) is 2.67. The molecule has 0 spiro atoms. The van der Waals surface area contributed by atoms with Gasteiger partial charge in [-0.25, -0.2) is 0 Å². The Morgan fingerprint density at radius 1 is 1.47 bits per heavy atom. The number of nitrogens with zero attached hydrogens (tertiary/aromatic N) is 1. The Balaban J connectivity index is 1.84. The van der Waals surface area contributed by atoms with Crippen LogP contribution >= 0.6 is 0 Å². The highest BCUT2D eigenvalue weighted by Gasteiger charge is 2.19. The molecule has 1 atom stereocenters. The van der Waals surface area contributed by atoms with Crippen LogP contribution in [-0.2, 0) is 11.3 Å². The van der Waals surface area contributed by atoms with Crippen LogP contribution in [0.25, 0.3) is 0 Å². The minimum absolute atomic E-state index is 0.259. The monoisotopic (exact) mass is 260 g/mol. The zero-order valence-corrected chi connectivity index (χ0v) is 12.0. The van der Waals surface area contributed by atoms with Crippen LogP contribution in [0.5, 0.6) is 0 Å². The summed E-state index contributed by atoms with van der Waals surface area (Å²) in [5.41, 5.74) is 2.45. The molecule has 1 fully saturated rings. The molecule has 1 heterocycles. The van der Waals surface area contributed by atoms with Gasteiger partial charge in [0.2, 0.25) is 5.91 Å². The molecule has 0 saturated carbocycles. The van der Waals surface area contributed by atoms with Crippen molar-refractivity contribution in [3.63, 3.8) is 0 Å². The molecule has 19 heavy (non-hydrogen) atoms. The summed E-state index contributed by atoms with van der Waals surface area (Å²) in [6.07, 6.45) is 3.05. The first kappa shape index (κ1) is 14.1. The standard InChI is InChI=1S/C16H24N2O/c1-13-5-3-6-15(9-13)12-18(2)16(19)10-14-7-4-8-17-11-14/h3,5-6,9,14,17H,4,7-8,10-12H2,1-2H3. The zero-order chi connectivity index (χ0) is 13.7. The number of amides is 1. The van der Waals surface area contributed by atoms with E-state index in [1.165, 1.54) is 24.0 Å². The number of piperidine rings is 1. The fourth-order valence-electron chi connectivity index (χ4n) is 2.67. The van der Waals surface area contributed by atoms with E-state index in [1.807, 2.05) is 18.0 Å². The van der Waals surface area contributed by atoms with Gasteiger partial charge >= 0.3 is 0 Å². The van der Waals surface area contributed by atoms with Crippen molar-refractivity contribution in [1.82, 2.24) is 10.2 Å². The molecule has 0 radical (unpaired) electrons. The molecule has 0 aromatic heterocycles. The maximum absolute atomic E-state index is 12.2. The van der Waals surface area contributed by atoms with Gasteiger partial charge in [-0.2, -0.15) is 0 Å². The van der Waals surface area contributed by atoms with E-state index < -0.39 is 0 Å². The smallest absolute Gasteiger partial charge is 0.222 e. The number of benzene rings is 1. The molecule has 0 bridgehead atoms. The van der Waals surface area contributed by atoms with Crippen LogP contribution in [0.2, 0.25) is 0 Å². The molecule has 1 aliphatic heterocycles. The molecule has 3 heteroatoms. The van der Waals surface area contributed by atoms with Crippen LogP contribution in [0, 0.1) is 12.8 Å². The Kier molecular flexibility index (Phi) is 4.97. The number of rotatable bonds is 4. The molecule has 1 saturated heterocycles. The molecule has 1 aromatic rings. The lowest BCUT2D eigenvalue weighted by atomic mass is 9.95. The SMILES string of the molecule is Cc1cccc(CN(C)C(=O)CC2CCCNC2)c1.